The fourth-order valence-electron chi connectivity index (χ4n) is 3.63. The molecule has 0 spiro atoms. The Morgan fingerprint density at radius 1 is 0.882 bits per heavy atom. The predicted octanol–water partition coefficient (Wildman–Crippen LogP) is 4.24. The van der Waals surface area contributed by atoms with Gasteiger partial charge in [-0.3, -0.25) is 4.79 Å². The van der Waals surface area contributed by atoms with Crippen LogP contribution in [0.25, 0.3) is 22.1 Å². The third-order valence-corrected chi connectivity index (χ3v) is 6.28. The lowest BCUT2D eigenvalue weighted by Gasteiger charge is -2.09. The molecule has 0 bridgehead atoms. The maximum absolute atomic E-state index is 12.9. The van der Waals surface area contributed by atoms with Crippen LogP contribution in [0.1, 0.15) is 11.1 Å². The van der Waals surface area contributed by atoms with Crippen LogP contribution in [0, 0.1) is 6.92 Å². The average molecular weight is 473 g/mol. The number of hydrogen-bond acceptors (Lipinski definition) is 6. The van der Waals surface area contributed by atoms with Crippen LogP contribution in [0.3, 0.4) is 0 Å². The summed E-state index contributed by atoms with van der Waals surface area (Å²) in [6, 6.07) is 23.3. The summed E-state index contributed by atoms with van der Waals surface area (Å²) in [6.45, 7) is 3.92. The van der Waals surface area contributed by atoms with Crippen molar-refractivity contribution in [2.75, 3.05) is 26.4 Å². The van der Waals surface area contributed by atoms with Crippen molar-refractivity contribution < 1.29 is 14.2 Å². The summed E-state index contributed by atoms with van der Waals surface area (Å²) >= 11 is 1.39. The minimum Gasteiger partial charge on any atom is -0.491 e. The standard InChI is InChI=1S/C27H24N2O4S/c1-19-9-11-21(12-10-19)32-15-13-31-14-16-33-22-6-4-5-20(17-22)18-25-26(30)29-24-8-3-2-7-23(24)28-27(29)34-25/h2-12,17-18H,13-16H2,1H3/b25-18-. The molecule has 0 aliphatic heterocycles. The van der Waals surface area contributed by atoms with E-state index in [9.17, 15) is 4.79 Å². The fourth-order valence-corrected chi connectivity index (χ4v) is 4.62. The molecule has 0 aliphatic rings. The van der Waals surface area contributed by atoms with Gasteiger partial charge in [0.05, 0.1) is 28.8 Å². The van der Waals surface area contributed by atoms with Crippen LogP contribution in [-0.2, 0) is 4.74 Å². The molecule has 0 atom stereocenters. The Labute approximate surface area is 200 Å². The van der Waals surface area contributed by atoms with E-state index < -0.39 is 0 Å². The topological polar surface area (TPSA) is 62.1 Å². The first-order valence-corrected chi connectivity index (χ1v) is 11.9. The summed E-state index contributed by atoms with van der Waals surface area (Å²) in [6.07, 6.45) is 1.88. The second kappa shape index (κ2) is 10.1. The third kappa shape index (κ3) is 4.95. The van der Waals surface area contributed by atoms with Crippen molar-refractivity contribution in [1.29, 1.82) is 0 Å². The number of fused-ring (bicyclic) bond motifs is 3. The number of aromatic nitrogens is 2. The highest BCUT2D eigenvalue weighted by Crippen LogP contribution is 2.17. The molecule has 0 aliphatic carbocycles. The van der Waals surface area contributed by atoms with Crippen molar-refractivity contribution in [1.82, 2.24) is 9.38 Å². The molecule has 0 unspecified atom stereocenters. The molecule has 7 heteroatoms. The van der Waals surface area contributed by atoms with Gasteiger partial charge in [-0.1, -0.05) is 53.3 Å². The Morgan fingerprint density at radius 3 is 2.47 bits per heavy atom. The molecular weight excluding hydrogens is 448 g/mol. The number of ether oxygens (including phenoxy) is 3. The van der Waals surface area contributed by atoms with Crippen LogP contribution < -0.4 is 19.6 Å². The van der Waals surface area contributed by atoms with Crippen molar-refractivity contribution in [2.24, 2.45) is 0 Å². The molecule has 5 aromatic rings. The third-order valence-electron chi connectivity index (χ3n) is 5.31. The normalized spacial score (nSPS) is 12.0. The van der Waals surface area contributed by atoms with Crippen molar-refractivity contribution in [2.45, 2.75) is 6.92 Å². The first-order valence-electron chi connectivity index (χ1n) is 11.1. The Kier molecular flexibility index (Phi) is 6.56. The van der Waals surface area contributed by atoms with Crippen LogP contribution in [0.4, 0.5) is 0 Å². The second-order valence-electron chi connectivity index (χ2n) is 7.83. The van der Waals surface area contributed by atoms with Crippen molar-refractivity contribution >= 4 is 33.4 Å². The molecule has 0 radical (unpaired) electrons. The lowest BCUT2D eigenvalue weighted by atomic mass is 10.2. The minimum atomic E-state index is -0.0544. The van der Waals surface area contributed by atoms with E-state index in [4.69, 9.17) is 14.2 Å². The highest BCUT2D eigenvalue weighted by atomic mass is 32.1. The Bertz CT molecular complexity index is 1520. The quantitative estimate of drug-likeness (QED) is 0.300. The van der Waals surface area contributed by atoms with Crippen molar-refractivity contribution in [3.05, 3.63) is 98.8 Å². The SMILES string of the molecule is Cc1ccc(OCCOCCOc2cccc(/C=c3\sc4nc5ccccc5n4c3=O)c2)cc1. The van der Waals surface area contributed by atoms with Gasteiger partial charge in [-0.05, 0) is 55.0 Å². The van der Waals surface area contributed by atoms with Crippen molar-refractivity contribution in [3.8, 4) is 11.5 Å². The number of benzene rings is 3. The van der Waals surface area contributed by atoms with Gasteiger partial charge >= 0.3 is 0 Å². The van der Waals surface area contributed by atoms with Gasteiger partial charge in [-0.15, -0.1) is 0 Å². The molecule has 0 saturated carbocycles. The van der Waals surface area contributed by atoms with E-state index >= 15 is 0 Å². The summed E-state index contributed by atoms with van der Waals surface area (Å²) in [4.78, 5) is 18.2. The van der Waals surface area contributed by atoms with Gasteiger partial charge in [-0.2, -0.15) is 0 Å². The molecule has 172 valence electrons. The molecule has 3 aromatic carbocycles. The predicted molar refractivity (Wildman–Crippen MR) is 135 cm³/mol. The second-order valence-corrected chi connectivity index (χ2v) is 8.84. The molecule has 0 amide bonds. The van der Waals surface area contributed by atoms with Crippen LogP contribution in [0.15, 0.2) is 77.6 Å². The van der Waals surface area contributed by atoms with E-state index in [1.165, 1.54) is 16.9 Å². The number of nitrogens with zero attached hydrogens (tertiary/aromatic N) is 2. The molecule has 2 heterocycles. The van der Waals surface area contributed by atoms with Crippen LogP contribution in [0.5, 0.6) is 11.5 Å². The van der Waals surface area contributed by atoms with Gasteiger partial charge in [0.25, 0.3) is 5.56 Å². The minimum absolute atomic E-state index is 0.0544. The zero-order valence-corrected chi connectivity index (χ0v) is 19.6. The maximum Gasteiger partial charge on any atom is 0.274 e. The van der Waals surface area contributed by atoms with Gasteiger partial charge < -0.3 is 14.2 Å². The molecule has 0 N–H and O–H groups in total. The molecular formula is C27H24N2O4S. The van der Waals surface area contributed by atoms with Gasteiger partial charge in [0, 0.05) is 0 Å². The summed E-state index contributed by atoms with van der Waals surface area (Å²) < 4.78 is 19.4. The van der Waals surface area contributed by atoms with Gasteiger partial charge in [0.2, 0.25) is 0 Å². The Hall–Kier alpha value is -3.68. The first-order chi connectivity index (χ1) is 16.7. The summed E-state index contributed by atoms with van der Waals surface area (Å²) in [5.41, 5.74) is 3.71. The Morgan fingerprint density at radius 2 is 1.65 bits per heavy atom. The van der Waals surface area contributed by atoms with Crippen LogP contribution in [0.2, 0.25) is 0 Å². The van der Waals surface area contributed by atoms with E-state index in [1.54, 1.807) is 4.40 Å². The van der Waals surface area contributed by atoms with E-state index in [0.29, 0.717) is 35.9 Å². The monoisotopic (exact) mass is 472 g/mol. The van der Waals surface area contributed by atoms with Crippen LogP contribution >= 0.6 is 11.3 Å². The molecule has 0 fully saturated rings. The summed E-state index contributed by atoms with van der Waals surface area (Å²) in [5.74, 6) is 1.57. The van der Waals surface area contributed by atoms with E-state index in [1.807, 2.05) is 85.8 Å². The highest BCUT2D eigenvalue weighted by Gasteiger charge is 2.10. The van der Waals surface area contributed by atoms with Crippen molar-refractivity contribution in [3.63, 3.8) is 0 Å². The Balaban J connectivity index is 1.16. The molecule has 6 nitrogen and oxygen atoms in total. The fraction of sp³-hybridized carbons (Fsp3) is 0.185. The number of rotatable bonds is 9. The van der Waals surface area contributed by atoms with Gasteiger partial charge in [-0.25, -0.2) is 9.38 Å². The number of para-hydroxylation sites is 2. The largest absolute Gasteiger partial charge is 0.491 e. The van der Waals surface area contributed by atoms with E-state index in [-0.39, 0.29) is 5.56 Å². The number of thiazole rings is 1. The molecule has 0 saturated heterocycles. The summed E-state index contributed by atoms with van der Waals surface area (Å²) in [5, 5.41) is 0. The average Bonchev–Trinajstić information content (AvgIpc) is 3.36. The highest BCUT2D eigenvalue weighted by molar-refractivity contribution is 7.15. The lowest BCUT2D eigenvalue weighted by molar-refractivity contribution is 0.0764. The molecule has 34 heavy (non-hydrogen) atoms. The van der Waals surface area contributed by atoms with Gasteiger partial charge in [0.1, 0.15) is 24.7 Å². The number of imidazole rings is 1. The molecule has 5 rings (SSSR count). The smallest absolute Gasteiger partial charge is 0.274 e. The zero-order chi connectivity index (χ0) is 23.3. The number of aryl methyl sites for hydroxylation is 1. The zero-order valence-electron chi connectivity index (χ0n) is 18.8. The van der Waals surface area contributed by atoms with E-state index in [2.05, 4.69) is 4.98 Å². The van der Waals surface area contributed by atoms with Crippen LogP contribution in [-0.4, -0.2) is 35.8 Å². The number of hydrogen-bond donors (Lipinski definition) is 0. The maximum atomic E-state index is 12.9. The molecule has 2 aromatic heterocycles. The lowest BCUT2D eigenvalue weighted by Crippen LogP contribution is -2.22. The summed E-state index contributed by atoms with van der Waals surface area (Å²) in [7, 11) is 0. The van der Waals surface area contributed by atoms with Gasteiger partial charge in [0.15, 0.2) is 4.96 Å². The van der Waals surface area contributed by atoms with E-state index in [0.717, 1.165) is 28.1 Å². The first kappa shape index (κ1) is 22.1.